The fourth-order valence-corrected chi connectivity index (χ4v) is 3.97. The highest BCUT2D eigenvalue weighted by Crippen LogP contribution is 2.58. The number of imidazole rings is 1. The number of fused-ring (bicyclic) bond motifs is 2. The van der Waals surface area contributed by atoms with Crippen molar-refractivity contribution in [2.45, 2.75) is 24.5 Å². The number of rotatable bonds is 2. The summed E-state index contributed by atoms with van der Waals surface area (Å²) in [5.41, 5.74) is 4.10. The summed E-state index contributed by atoms with van der Waals surface area (Å²) in [4.78, 5) is 41.9. The largest absolute Gasteiger partial charge is 0.488 e. The van der Waals surface area contributed by atoms with Gasteiger partial charge in [0, 0.05) is 0 Å². The van der Waals surface area contributed by atoms with Crippen molar-refractivity contribution >= 4 is 38.4 Å². The van der Waals surface area contributed by atoms with Gasteiger partial charge in [0.05, 0.1) is 0 Å². The van der Waals surface area contributed by atoms with Crippen molar-refractivity contribution in [3.8, 4) is 0 Å². The standard InChI is InChI=1S/C10H11BN6O8P/c11-26(22)23-1-2-5(25-26)4(18)8(24-2)16-6-3(13-10(16)17(20)21)7(19)15-9(12)14-6/h2,4-5,8,18,22H,1H2,(H3,12,14,15,19)/q+1/t2-,4+,5+,8-,26?/m1/s1. The van der Waals surface area contributed by atoms with E-state index in [1.807, 2.05) is 0 Å². The van der Waals surface area contributed by atoms with Crippen molar-refractivity contribution < 1.29 is 28.7 Å². The van der Waals surface area contributed by atoms with Crippen LogP contribution in [-0.2, 0) is 13.8 Å². The highest BCUT2D eigenvalue weighted by molar-refractivity contribution is 7.85. The molecule has 1 unspecified atom stereocenters. The molecular weight excluding hydrogens is 374 g/mol. The number of H-pyrrole nitrogens is 1. The number of anilines is 1. The zero-order valence-corrected chi connectivity index (χ0v) is 13.6. The molecule has 26 heavy (non-hydrogen) atoms. The van der Waals surface area contributed by atoms with Crippen LogP contribution in [0.3, 0.4) is 0 Å². The molecule has 4 heterocycles. The Bertz CT molecular complexity index is 963. The van der Waals surface area contributed by atoms with E-state index < -0.39 is 48.8 Å². The van der Waals surface area contributed by atoms with Crippen LogP contribution in [0.4, 0.5) is 11.9 Å². The molecule has 0 spiro atoms. The van der Waals surface area contributed by atoms with Crippen molar-refractivity contribution in [1.29, 1.82) is 0 Å². The summed E-state index contributed by atoms with van der Waals surface area (Å²) in [6.45, 7) is -0.199. The predicted octanol–water partition coefficient (Wildman–Crippen LogP) is -1.88. The Labute approximate surface area is 145 Å². The molecule has 0 aromatic carbocycles. The number of nitrogens with one attached hydrogen (secondary N) is 1. The predicted molar refractivity (Wildman–Crippen MR) is 84.9 cm³/mol. The van der Waals surface area contributed by atoms with Gasteiger partial charge < -0.3 is 25.7 Å². The van der Waals surface area contributed by atoms with Crippen molar-refractivity contribution in [3.63, 3.8) is 0 Å². The van der Waals surface area contributed by atoms with Crippen molar-refractivity contribution in [2.75, 3.05) is 12.3 Å². The van der Waals surface area contributed by atoms with E-state index in [1.54, 1.807) is 0 Å². The number of ether oxygens (including phenoxy) is 1. The first kappa shape index (κ1) is 17.3. The molecule has 0 bridgehead atoms. The first-order valence-electron chi connectivity index (χ1n) is 7.17. The second-order valence-electron chi connectivity index (χ2n) is 5.65. The van der Waals surface area contributed by atoms with Gasteiger partial charge in [0.1, 0.15) is 18.8 Å². The van der Waals surface area contributed by atoms with E-state index in [1.165, 1.54) is 0 Å². The highest BCUT2D eigenvalue weighted by Gasteiger charge is 2.58. The summed E-state index contributed by atoms with van der Waals surface area (Å²) >= 11 is 0. The van der Waals surface area contributed by atoms with Gasteiger partial charge >= 0.3 is 21.3 Å². The lowest BCUT2D eigenvalue weighted by Gasteiger charge is -2.27. The minimum Gasteiger partial charge on any atom is -0.390 e. The Morgan fingerprint density at radius 1 is 1.50 bits per heavy atom. The van der Waals surface area contributed by atoms with Crippen LogP contribution in [-0.4, -0.2) is 66.9 Å². The number of nitrogens with two attached hydrogens (primary N) is 1. The average Bonchev–Trinajstić information content (AvgIpc) is 3.05. The molecule has 2 aliphatic rings. The first-order valence-corrected chi connectivity index (χ1v) is 8.81. The number of aromatic nitrogens is 4. The number of nitro groups is 1. The molecule has 0 amide bonds. The minimum absolute atomic E-state index is 0.199. The summed E-state index contributed by atoms with van der Waals surface area (Å²) < 4.78 is 16.5. The summed E-state index contributed by atoms with van der Waals surface area (Å²) in [5, 5.41) is 21.9. The van der Waals surface area contributed by atoms with Gasteiger partial charge in [-0.3, -0.25) is 9.78 Å². The maximum Gasteiger partial charge on any atom is 0.488 e. The van der Waals surface area contributed by atoms with E-state index in [-0.39, 0.29) is 23.7 Å². The lowest BCUT2D eigenvalue weighted by molar-refractivity contribution is -0.398. The van der Waals surface area contributed by atoms with E-state index in [0.717, 1.165) is 4.57 Å². The van der Waals surface area contributed by atoms with Crippen LogP contribution in [0, 0.1) is 10.1 Å². The van der Waals surface area contributed by atoms with Crippen LogP contribution >= 0.6 is 7.82 Å². The summed E-state index contributed by atoms with van der Waals surface area (Å²) in [6.07, 6.45) is -4.85. The number of hydrogen-bond acceptors (Lipinski definition) is 11. The van der Waals surface area contributed by atoms with E-state index in [4.69, 9.17) is 27.1 Å². The van der Waals surface area contributed by atoms with Gasteiger partial charge in [0.25, 0.3) is 11.1 Å². The molecule has 5 N–H and O–H groups in total. The van der Waals surface area contributed by atoms with Gasteiger partial charge in [-0.1, -0.05) is 4.98 Å². The van der Waals surface area contributed by atoms with Crippen LogP contribution in [0.25, 0.3) is 11.2 Å². The molecule has 2 aromatic rings. The molecule has 0 saturated carbocycles. The SMILES string of the molecule is [B][P+]1(O)OC[C@H]2O[C@@H](n3c([N+](=O)[O-])nc4c(=O)[nH]c(N)nc43)[C@@H](O)[C@H]2O1. The maximum atomic E-state index is 12.0. The normalized spacial score (nSPS) is 34.1. The fourth-order valence-electron chi connectivity index (χ4n) is 2.93. The molecule has 2 fully saturated rings. The Kier molecular flexibility index (Phi) is 3.77. The number of aliphatic hydroxyl groups excluding tert-OH is 1. The van der Waals surface area contributed by atoms with Crippen LogP contribution in [0.1, 0.15) is 6.23 Å². The molecule has 16 heteroatoms. The van der Waals surface area contributed by atoms with E-state index in [9.17, 15) is 24.9 Å². The number of nitrogen functional groups attached to an aromatic ring is 1. The second kappa shape index (κ2) is 5.67. The summed E-state index contributed by atoms with van der Waals surface area (Å²) in [6, 6.07) is 0. The first-order chi connectivity index (χ1) is 12.2. The van der Waals surface area contributed by atoms with E-state index in [2.05, 4.69) is 15.0 Å². The molecule has 2 aliphatic heterocycles. The lowest BCUT2D eigenvalue weighted by Crippen LogP contribution is -2.40. The minimum atomic E-state index is -3.63. The summed E-state index contributed by atoms with van der Waals surface area (Å²) in [7, 11) is 1.79. The molecule has 136 valence electrons. The molecule has 5 atom stereocenters. The van der Waals surface area contributed by atoms with Crippen LogP contribution in [0.2, 0.25) is 0 Å². The molecular formula is C10H11BN6O8P+. The van der Waals surface area contributed by atoms with E-state index >= 15 is 0 Å². The molecule has 4 rings (SSSR count). The Hall–Kier alpha value is -2.16. The smallest absolute Gasteiger partial charge is 0.390 e. The second-order valence-corrected chi connectivity index (χ2v) is 7.25. The monoisotopic (exact) mass is 385 g/mol. The summed E-state index contributed by atoms with van der Waals surface area (Å²) in [5.74, 6) is -1.09. The fraction of sp³-hybridized carbons (Fsp3) is 0.500. The third kappa shape index (κ3) is 2.56. The van der Waals surface area contributed by atoms with Crippen LogP contribution < -0.4 is 11.3 Å². The average molecular weight is 385 g/mol. The van der Waals surface area contributed by atoms with Gasteiger partial charge in [-0.25, -0.2) is 4.89 Å². The topological polar surface area (TPSA) is 201 Å². The quantitative estimate of drug-likeness (QED) is 0.195. The van der Waals surface area contributed by atoms with Gasteiger partial charge in [0.2, 0.25) is 17.8 Å². The molecule has 2 saturated heterocycles. The van der Waals surface area contributed by atoms with Crippen LogP contribution in [0.15, 0.2) is 4.79 Å². The van der Waals surface area contributed by atoms with E-state index in [0.29, 0.717) is 0 Å². The van der Waals surface area contributed by atoms with Crippen LogP contribution in [0.5, 0.6) is 0 Å². The number of nitrogens with zero attached hydrogens (tertiary/aromatic N) is 4. The highest BCUT2D eigenvalue weighted by atomic mass is 31.2. The Morgan fingerprint density at radius 3 is 2.92 bits per heavy atom. The Balaban J connectivity index is 1.85. The van der Waals surface area contributed by atoms with Crippen molar-refractivity contribution in [2.24, 2.45) is 0 Å². The lowest BCUT2D eigenvalue weighted by atomic mass is 10.1. The zero-order chi connectivity index (χ0) is 18.8. The number of aliphatic hydroxyl groups is 1. The van der Waals surface area contributed by atoms with Gasteiger partial charge in [0.15, 0.2) is 6.10 Å². The van der Waals surface area contributed by atoms with Gasteiger partial charge in [-0.15, -0.1) is 0 Å². The Morgan fingerprint density at radius 2 is 2.23 bits per heavy atom. The zero-order valence-electron chi connectivity index (χ0n) is 12.8. The molecule has 0 aliphatic carbocycles. The molecule has 14 nitrogen and oxygen atoms in total. The third-order valence-corrected chi connectivity index (χ3v) is 5.04. The maximum absolute atomic E-state index is 12.0. The molecule has 2 radical (unpaired) electrons. The van der Waals surface area contributed by atoms with Crippen molar-refractivity contribution in [3.05, 3.63) is 20.5 Å². The third-order valence-electron chi connectivity index (χ3n) is 3.97. The number of hydrogen-bond donors (Lipinski definition) is 4. The van der Waals surface area contributed by atoms with Crippen molar-refractivity contribution in [1.82, 2.24) is 19.5 Å². The number of aromatic amines is 1. The van der Waals surface area contributed by atoms with Gasteiger partial charge in [-0.2, -0.15) is 18.6 Å². The molecule has 2 aromatic heterocycles. The van der Waals surface area contributed by atoms with Gasteiger partial charge in [-0.05, 0) is 4.92 Å².